The van der Waals surface area contributed by atoms with Crippen LogP contribution >= 0.6 is 15.9 Å². The molecule has 1 aromatic carbocycles. The molecule has 1 saturated heterocycles. The number of likely N-dealkylation sites (N-methyl/N-ethyl adjacent to an activating group) is 1. The van der Waals surface area contributed by atoms with Gasteiger partial charge in [0.05, 0.1) is 10.9 Å². The summed E-state index contributed by atoms with van der Waals surface area (Å²) >= 11 is 3.39. The second kappa shape index (κ2) is 6.11. The van der Waals surface area contributed by atoms with Crippen molar-refractivity contribution < 1.29 is 8.42 Å². The molecule has 0 aliphatic carbocycles. The van der Waals surface area contributed by atoms with Gasteiger partial charge in [0.1, 0.15) is 0 Å². The van der Waals surface area contributed by atoms with Gasteiger partial charge in [0.2, 0.25) is 10.0 Å². The van der Waals surface area contributed by atoms with Gasteiger partial charge in [-0.05, 0) is 37.7 Å². The monoisotopic (exact) mass is 361 g/mol. The van der Waals surface area contributed by atoms with Crippen LogP contribution in [0.3, 0.4) is 0 Å². The maximum Gasteiger partial charge on any atom is 0.243 e. The summed E-state index contributed by atoms with van der Waals surface area (Å²) in [6, 6.07) is 4.95. The number of hydrogen-bond donors (Lipinski definition) is 1. The summed E-state index contributed by atoms with van der Waals surface area (Å²) in [5, 5.41) is 0. The highest BCUT2D eigenvalue weighted by atomic mass is 79.9. The van der Waals surface area contributed by atoms with Crippen LogP contribution in [0.25, 0.3) is 0 Å². The minimum atomic E-state index is -3.48. The first-order valence-corrected chi connectivity index (χ1v) is 8.76. The molecule has 2 N–H and O–H groups in total. The number of nitrogens with two attached hydrogens (primary N) is 1. The minimum Gasteiger partial charge on any atom is -0.329 e. The van der Waals surface area contributed by atoms with Crippen molar-refractivity contribution in [2.24, 2.45) is 5.73 Å². The van der Waals surface area contributed by atoms with Gasteiger partial charge in [-0.2, -0.15) is 4.31 Å². The Morgan fingerprint density at radius 3 is 2.70 bits per heavy atom. The fourth-order valence-electron chi connectivity index (χ4n) is 2.42. The lowest BCUT2D eigenvalue weighted by molar-refractivity contribution is 0.164. The van der Waals surface area contributed by atoms with Gasteiger partial charge in [0.15, 0.2) is 0 Å². The largest absolute Gasteiger partial charge is 0.329 e. The molecule has 20 heavy (non-hydrogen) atoms. The van der Waals surface area contributed by atoms with Crippen molar-refractivity contribution >= 4 is 26.0 Å². The molecule has 1 fully saturated rings. The fourth-order valence-corrected chi connectivity index (χ4v) is 4.37. The Bertz CT molecular complexity index is 591. The van der Waals surface area contributed by atoms with Crippen LogP contribution in [-0.2, 0) is 10.0 Å². The molecule has 0 bridgehead atoms. The lowest BCUT2D eigenvalue weighted by Crippen LogP contribution is -2.56. The van der Waals surface area contributed by atoms with Crippen molar-refractivity contribution in [3.05, 3.63) is 28.2 Å². The van der Waals surface area contributed by atoms with Crippen LogP contribution in [0.2, 0.25) is 0 Å². The van der Waals surface area contributed by atoms with Crippen LogP contribution in [0.1, 0.15) is 5.56 Å². The maximum atomic E-state index is 12.8. The number of sulfonamides is 1. The van der Waals surface area contributed by atoms with Crippen LogP contribution in [0.4, 0.5) is 0 Å². The fraction of sp³-hybridized carbons (Fsp3) is 0.538. The minimum absolute atomic E-state index is 0.164. The van der Waals surface area contributed by atoms with E-state index in [9.17, 15) is 8.42 Å². The molecule has 1 heterocycles. The molecule has 1 aromatic rings. The van der Waals surface area contributed by atoms with E-state index >= 15 is 0 Å². The van der Waals surface area contributed by atoms with E-state index in [1.54, 1.807) is 18.2 Å². The smallest absolute Gasteiger partial charge is 0.243 e. The highest BCUT2D eigenvalue weighted by Crippen LogP contribution is 2.25. The summed E-state index contributed by atoms with van der Waals surface area (Å²) < 4.78 is 28.0. The molecule has 2 rings (SSSR count). The Morgan fingerprint density at radius 1 is 1.40 bits per heavy atom. The second-order valence-corrected chi connectivity index (χ2v) is 7.92. The highest BCUT2D eigenvalue weighted by Gasteiger charge is 2.34. The Kier molecular flexibility index (Phi) is 4.86. The molecule has 0 amide bonds. The lowest BCUT2D eigenvalue weighted by Gasteiger charge is -2.38. The van der Waals surface area contributed by atoms with Gasteiger partial charge in [-0.15, -0.1) is 0 Å². The highest BCUT2D eigenvalue weighted by molar-refractivity contribution is 9.10. The summed E-state index contributed by atoms with van der Waals surface area (Å²) in [5.41, 5.74) is 6.65. The topological polar surface area (TPSA) is 66.6 Å². The van der Waals surface area contributed by atoms with Crippen molar-refractivity contribution in [3.63, 3.8) is 0 Å². The van der Waals surface area contributed by atoms with Crippen molar-refractivity contribution in [1.82, 2.24) is 9.21 Å². The Balaban J connectivity index is 2.35. The van der Waals surface area contributed by atoms with Gasteiger partial charge in [0.25, 0.3) is 0 Å². The van der Waals surface area contributed by atoms with E-state index in [1.807, 2.05) is 14.0 Å². The number of nitrogens with zero attached hydrogens (tertiary/aromatic N) is 2. The second-order valence-electron chi connectivity index (χ2n) is 5.18. The van der Waals surface area contributed by atoms with Crippen molar-refractivity contribution in [2.75, 3.05) is 33.2 Å². The normalized spacial score (nSPS) is 22.1. The quantitative estimate of drug-likeness (QED) is 0.872. The number of aryl methyl sites for hydroxylation is 1. The molecule has 0 aromatic heterocycles. The Hall–Kier alpha value is -0.470. The van der Waals surface area contributed by atoms with E-state index in [1.165, 1.54) is 4.31 Å². The molecule has 1 unspecified atom stereocenters. The number of hydrogen-bond acceptors (Lipinski definition) is 4. The van der Waals surface area contributed by atoms with Gasteiger partial charge in [-0.25, -0.2) is 8.42 Å². The Morgan fingerprint density at radius 2 is 2.10 bits per heavy atom. The number of piperazine rings is 1. The molecule has 112 valence electrons. The van der Waals surface area contributed by atoms with Gasteiger partial charge in [-0.1, -0.05) is 15.9 Å². The van der Waals surface area contributed by atoms with Crippen LogP contribution in [0, 0.1) is 6.92 Å². The van der Waals surface area contributed by atoms with Crippen molar-refractivity contribution in [3.8, 4) is 0 Å². The van der Waals surface area contributed by atoms with E-state index in [0.717, 1.165) is 16.6 Å². The van der Waals surface area contributed by atoms with Gasteiger partial charge < -0.3 is 10.6 Å². The predicted molar refractivity (Wildman–Crippen MR) is 83.1 cm³/mol. The average molecular weight is 362 g/mol. The van der Waals surface area contributed by atoms with E-state index < -0.39 is 10.0 Å². The summed E-state index contributed by atoms with van der Waals surface area (Å²) in [5.74, 6) is 0. The number of benzene rings is 1. The molecule has 0 saturated carbocycles. The van der Waals surface area contributed by atoms with E-state index in [4.69, 9.17) is 5.73 Å². The molecular weight excluding hydrogens is 342 g/mol. The van der Waals surface area contributed by atoms with Gasteiger partial charge in [-0.3, -0.25) is 0 Å². The number of halogens is 1. The van der Waals surface area contributed by atoms with Crippen LogP contribution in [-0.4, -0.2) is 56.9 Å². The van der Waals surface area contributed by atoms with Crippen LogP contribution in [0.5, 0.6) is 0 Å². The summed E-state index contributed by atoms with van der Waals surface area (Å²) in [6.07, 6.45) is 0. The first kappa shape index (κ1) is 15.9. The van der Waals surface area contributed by atoms with Crippen molar-refractivity contribution in [2.45, 2.75) is 17.9 Å². The summed E-state index contributed by atoms with van der Waals surface area (Å²) in [6.45, 7) is 4.10. The van der Waals surface area contributed by atoms with E-state index in [-0.39, 0.29) is 6.04 Å². The summed E-state index contributed by atoms with van der Waals surface area (Å²) in [4.78, 5) is 2.44. The molecule has 0 radical (unpaired) electrons. The zero-order chi connectivity index (χ0) is 14.9. The zero-order valence-electron chi connectivity index (χ0n) is 11.7. The Labute approximate surface area is 128 Å². The molecule has 7 heteroatoms. The molecule has 1 aliphatic rings. The van der Waals surface area contributed by atoms with Crippen LogP contribution in [0.15, 0.2) is 27.6 Å². The standard InChI is InChI=1S/C13H20BrN3O2S/c1-10-7-12(3-4-13(10)14)20(18,19)17-6-5-16(2)9-11(17)8-15/h3-4,7,11H,5-6,8-9,15H2,1-2H3. The average Bonchev–Trinajstić information content (AvgIpc) is 2.41. The first-order valence-electron chi connectivity index (χ1n) is 6.53. The summed E-state index contributed by atoms with van der Waals surface area (Å²) in [7, 11) is -1.50. The third-order valence-corrected chi connectivity index (χ3v) is 6.48. The number of rotatable bonds is 3. The predicted octanol–water partition coefficient (Wildman–Crippen LogP) is 1.02. The molecule has 5 nitrogen and oxygen atoms in total. The molecule has 0 spiro atoms. The van der Waals surface area contributed by atoms with E-state index in [2.05, 4.69) is 20.8 Å². The third kappa shape index (κ3) is 3.07. The lowest BCUT2D eigenvalue weighted by atomic mass is 10.2. The van der Waals surface area contributed by atoms with Crippen LogP contribution < -0.4 is 5.73 Å². The molecule has 1 atom stereocenters. The molecular formula is C13H20BrN3O2S. The van der Waals surface area contributed by atoms with Gasteiger partial charge in [0, 0.05) is 30.7 Å². The SMILES string of the molecule is Cc1cc(S(=O)(=O)N2CCN(C)CC2CN)ccc1Br. The van der Waals surface area contributed by atoms with Gasteiger partial charge >= 0.3 is 0 Å². The first-order chi connectivity index (χ1) is 9.36. The van der Waals surface area contributed by atoms with Crippen molar-refractivity contribution in [1.29, 1.82) is 0 Å². The third-order valence-electron chi connectivity index (χ3n) is 3.64. The molecule has 1 aliphatic heterocycles. The van der Waals surface area contributed by atoms with E-state index in [0.29, 0.717) is 24.5 Å². The zero-order valence-corrected chi connectivity index (χ0v) is 14.1. The maximum absolute atomic E-state index is 12.8.